The van der Waals surface area contributed by atoms with Crippen molar-refractivity contribution in [2.75, 3.05) is 39.3 Å². The molecule has 2 fully saturated rings. The number of carbonyl (C=O) groups is 2. The lowest BCUT2D eigenvalue weighted by atomic mass is 10.1. The molecule has 2 heterocycles. The molecule has 106 valence electrons. The molecule has 2 rings (SSSR count). The van der Waals surface area contributed by atoms with Crippen molar-refractivity contribution in [2.24, 2.45) is 0 Å². The summed E-state index contributed by atoms with van der Waals surface area (Å²) in [5, 5.41) is 0. The highest BCUT2D eigenvalue weighted by atomic mass is 16.2. The van der Waals surface area contributed by atoms with Crippen LogP contribution in [0, 0.1) is 0 Å². The first-order chi connectivity index (χ1) is 9.13. The standard InChI is InChI=1S/C14H23N3O2/c1-3-6-15-9-10-17(12(2)18)13(11-15)14(19)16-7-4-5-8-16/h3,13H,1,4-11H2,2H3. The van der Waals surface area contributed by atoms with Gasteiger partial charge in [-0.2, -0.15) is 0 Å². The monoisotopic (exact) mass is 265 g/mol. The third-order valence-electron chi connectivity index (χ3n) is 3.96. The highest BCUT2D eigenvalue weighted by molar-refractivity contribution is 5.87. The van der Waals surface area contributed by atoms with E-state index in [1.807, 2.05) is 11.0 Å². The summed E-state index contributed by atoms with van der Waals surface area (Å²) in [6.45, 7) is 9.81. The van der Waals surface area contributed by atoms with Crippen LogP contribution in [0.5, 0.6) is 0 Å². The molecule has 2 aliphatic rings. The van der Waals surface area contributed by atoms with E-state index in [2.05, 4.69) is 11.5 Å². The largest absolute Gasteiger partial charge is 0.341 e. The predicted molar refractivity (Wildman–Crippen MR) is 73.6 cm³/mol. The van der Waals surface area contributed by atoms with Crippen molar-refractivity contribution in [3.05, 3.63) is 12.7 Å². The molecular weight excluding hydrogens is 242 g/mol. The van der Waals surface area contributed by atoms with E-state index in [1.54, 1.807) is 11.8 Å². The summed E-state index contributed by atoms with van der Waals surface area (Å²) in [4.78, 5) is 30.1. The summed E-state index contributed by atoms with van der Waals surface area (Å²) in [5.41, 5.74) is 0. The van der Waals surface area contributed by atoms with Crippen molar-refractivity contribution in [2.45, 2.75) is 25.8 Å². The lowest BCUT2D eigenvalue weighted by Crippen LogP contribution is -2.60. The molecule has 5 heteroatoms. The summed E-state index contributed by atoms with van der Waals surface area (Å²) < 4.78 is 0. The van der Waals surface area contributed by atoms with Gasteiger partial charge in [0, 0.05) is 46.2 Å². The number of amides is 2. The second kappa shape index (κ2) is 6.19. The average molecular weight is 265 g/mol. The van der Waals surface area contributed by atoms with Gasteiger partial charge in [0.15, 0.2) is 0 Å². The number of nitrogens with zero attached hydrogens (tertiary/aromatic N) is 3. The Kier molecular flexibility index (Phi) is 4.58. The molecule has 0 saturated carbocycles. The van der Waals surface area contributed by atoms with Crippen LogP contribution in [0.15, 0.2) is 12.7 Å². The number of likely N-dealkylation sites (tertiary alicyclic amines) is 1. The first-order valence-corrected chi connectivity index (χ1v) is 7.02. The lowest BCUT2D eigenvalue weighted by Gasteiger charge is -2.41. The van der Waals surface area contributed by atoms with Crippen molar-refractivity contribution in [1.29, 1.82) is 0 Å². The van der Waals surface area contributed by atoms with E-state index in [0.717, 1.165) is 39.0 Å². The fraction of sp³-hybridized carbons (Fsp3) is 0.714. The minimum absolute atomic E-state index is 0.00389. The van der Waals surface area contributed by atoms with Gasteiger partial charge in [-0.1, -0.05) is 6.08 Å². The maximum absolute atomic E-state index is 12.5. The molecule has 19 heavy (non-hydrogen) atoms. The van der Waals surface area contributed by atoms with Crippen LogP contribution in [0.2, 0.25) is 0 Å². The van der Waals surface area contributed by atoms with Crippen molar-refractivity contribution in [3.63, 3.8) is 0 Å². The highest BCUT2D eigenvalue weighted by Crippen LogP contribution is 2.16. The molecule has 0 radical (unpaired) electrons. The van der Waals surface area contributed by atoms with Gasteiger partial charge in [0.1, 0.15) is 6.04 Å². The molecular formula is C14H23N3O2. The average Bonchev–Trinajstić information content (AvgIpc) is 2.91. The van der Waals surface area contributed by atoms with Crippen LogP contribution in [-0.2, 0) is 9.59 Å². The van der Waals surface area contributed by atoms with Gasteiger partial charge < -0.3 is 9.80 Å². The molecule has 2 saturated heterocycles. The number of piperazine rings is 1. The molecule has 0 bridgehead atoms. The molecule has 0 aliphatic carbocycles. The molecule has 0 N–H and O–H groups in total. The van der Waals surface area contributed by atoms with Crippen molar-refractivity contribution < 1.29 is 9.59 Å². The topological polar surface area (TPSA) is 43.9 Å². The molecule has 0 aromatic rings. The minimum Gasteiger partial charge on any atom is -0.341 e. The first kappa shape index (κ1) is 14.1. The van der Waals surface area contributed by atoms with E-state index in [-0.39, 0.29) is 17.9 Å². The zero-order valence-corrected chi connectivity index (χ0v) is 11.7. The van der Waals surface area contributed by atoms with E-state index in [4.69, 9.17) is 0 Å². The fourth-order valence-corrected chi connectivity index (χ4v) is 2.92. The highest BCUT2D eigenvalue weighted by Gasteiger charge is 2.36. The Morgan fingerprint density at radius 2 is 1.89 bits per heavy atom. The van der Waals surface area contributed by atoms with Gasteiger partial charge in [0.05, 0.1) is 0 Å². The van der Waals surface area contributed by atoms with E-state index in [1.165, 1.54) is 0 Å². The van der Waals surface area contributed by atoms with E-state index in [9.17, 15) is 9.59 Å². The molecule has 0 aromatic heterocycles. The predicted octanol–water partition coefficient (Wildman–Crippen LogP) is 0.328. The number of rotatable bonds is 3. The van der Waals surface area contributed by atoms with Gasteiger partial charge in [0.25, 0.3) is 0 Å². The van der Waals surface area contributed by atoms with Crippen molar-refractivity contribution in [3.8, 4) is 0 Å². The normalized spacial score (nSPS) is 24.6. The molecule has 1 unspecified atom stereocenters. The van der Waals surface area contributed by atoms with Gasteiger partial charge in [-0.25, -0.2) is 0 Å². The molecule has 0 aromatic carbocycles. The smallest absolute Gasteiger partial charge is 0.246 e. The number of carbonyl (C=O) groups excluding carboxylic acids is 2. The maximum atomic E-state index is 12.5. The molecule has 1 atom stereocenters. The molecule has 2 amide bonds. The SMILES string of the molecule is C=CCN1CCN(C(C)=O)C(C(=O)N2CCCC2)C1. The quantitative estimate of drug-likeness (QED) is 0.691. The third kappa shape index (κ3) is 3.15. The van der Waals surface area contributed by atoms with Gasteiger partial charge in [-0.05, 0) is 12.8 Å². The second-order valence-electron chi connectivity index (χ2n) is 5.31. The Labute approximate surface area is 114 Å². The molecule has 5 nitrogen and oxygen atoms in total. The number of hydrogen-bond acceptors (Lipinski definition) is 3. The van der Waals surface area contributed by atoms with Crippen LogP contribution in [-0.4, -0.2) is 71.8 Å². The summed E-state index contributed by atoms with van der Waals surface area (Å²) in [6.07, 6.45) is 4.00. The van der Waals surface area contributed by atoms with E-state index < -0.39 is 0 Å². The fourth-order valence-electron chi connectivity index (χ4n) is 2.92. The summed E-state index contributed by atoms with van der Waals surface area (Å²) in [5.74, 6) is 0.109. The van der Waals surface area contributed by atoms with Gasteiger partial charge >= 0.3 is 0 Å². The Morgan fingerprint density at radius 1 is 1.21 bits per heavy atom. The zero-order valence-electron chi connectivity index (χ0n) is 11.7. The van der Waals surface area contributed by atoms with Crippen LogP contribution < -0.4 is 0 Å². The second-order valence-corrected chi connectivity index (χ2v) is 5.31. The van der Waals surface area contributed by atoms with Crippen LogP contribution in [0.3, 0.4) is 0 Å². The summed E-state index contributed by atoms with van der Waals surface area (Å²) in [7, 11) is 0. The minimum atomic E-state index is -0.315. The first-order valence-electron chi connectivity index (χ1n) is 7.02. The van der Waals surface area contributed by atoms with E-state index in [0.29, 0.717) is 13.1 Å². The number of hydrogen-bond donors (Lipinski definition) is 0. The van der Waals surface area contributed by atoms with Crippen LogP contribution in [0.25, 0.3) is 0 Å². The third-order valence-corrected chi connectivity index (χ3v) is 3.96. The van der Waals surface area contributed by atoms with E-state index >= 15 is 0 Å². The lowest BCUT2D eigenvalue weighted by molar-refractivity contribution is -0.147. The summed E-state index contributed by atoms with van der Waals surface area (Å²) >= 11 is 0. The summed E-state index contributed by atoms with van der Waals surface area (Å²) in [6, 6.07) is -0.315. The van der Waals surface area contributed by atoms with Crippen LogP contribution in [0.4, 0.5) is 0 Å². The Hall–Kier alpha value is -1.36. The van der Waals surface area contributed by atoms with Gasteiger partial charge in [-0.15, -0.1) is 6.58 Å². The van der Waals surface area contributed by atoms with Crippen molar-refractivity contribution >= 4 is 11.8 Å². The van der Waals surface area contributed by atoms with Crippen molar-refractivity contribution in [1.82, 2.24) is 14.7 Å². The Balaban J connectivity index is 2.07. The zero-order chi connectivity index (χ0) is 13.8. The van der Waals surface area contributed by atoms with Crippen LogP contribution in [0.1, 0.15) is 19.8 Å². The van der Waals surface area contributed by atoms with Gasteiger partial charge in [-0.3, -0.25) is 14.5 Å². The molecule has 2 aliphatic heterocycles. The maximum Gasteiger partial charge on any atom is 0.246 e. The van der Waals surface area contributed by atoms with Gasteiger partial charge in [0.2, 0.25) is 11.8 Å². The molecule has 0 spiro atoms. The Morgan fingerprint density at radius 3 is 2.47 bits per heavy atom. The van der Waals surface area contributed by atoms with Crippen LogP contribution >= 0.6 is 0 Å². The Bertz CT molecular complexity index is 364.